The molecule has 2 atom stereocenters. The van der Waals surface area contributed by atoms with E-state index in [1.165, 1.54) is 25.7 Å². The van der Waals surface area contributed by atoms with Crippen LogP contribution in [-0.2, 0) is 4.79 Å². The minimum atomic E-state index is -0.954. The fourth-order valence-electron chi connectivity index (χ4n) is 3.18. The molecule has 0 amide bonds. The number of carboxylic acids is 1. The van der Waals surface area contributed by atoms with Gasteiger partial charge in [-0.1, -0.05) is 55.9 Å². The Morgan fingerprint density at radius 1 is 1.04 bits per heavy atom. The van der Waals surface area contributed by atoms with E-state index in [0.29, 0.717) is 5.92 Å². The number of allylic oxidation sites excluding steroid dienone is 1. The molecule has 1 aliphatic rings. The van der Waals surface area contributed by atoms with Crippen LogP contribution in [0.1, 0.15) is 51.4 Å². The van der Waals surface area contributed by atoms with Crippen LogP contribution in [0.15, 0.2) is 36.4 Å². The molecule has 2 unspecified atom stereocenters. The largest absolute Gasteiger partial charge is 1.00 e. The van der Waals surface area contributed by atoms with E-state index in [2.05, 4.69) is 6.58 Å². The van der Waals surface area contributed by atoms with Gasteiger partial charge in [-0.3, -0.25) is 0 Å². The van der Waals surface area contributed by atoms with Crippen molar-refractivity contribution < 1.29 is 44.2 Å². The third-order valence-corrected chi connectivity index (χ3v) is 4.96. The summed E-state index contributed by atoms with van der Waals surface area (Å²) < 4.78 is 5.66. The van der Waals surface area contributed by atoms with Gasteiger partial charge in [0.15, 0.2) is 0 Å². The van der Waals surface area contributed by atoms with Gasteiger partial charge in [0.1, 0.15) is 5.75 Å². The summed E-state index contributed by atoms with van der Waals surface area (Å²) >= 11 is 5.83. The van der Waals surface area contributed by atoms with Crippen molar-refractivity contribution in [3.8, 4) is 5.75 Å². The van der Waals surface area contributed by atoms with Gasteiger partial charge in [-0.2, -0.15) is 0 Å². The Labute approximate surface area is 178 Å². The van der Waals surface area contributed by atoms with Gasteiger partial charge >= 0.3 is 29.6 Å². The Morgan fingerprint density at radius 2 is 1.64 bits per heavy atom. The van der Waals surface area contributed by atoms with Gasteiger partial charge in [0.2, 0.25) is 0 Å². The molecule has 1 fully saturated rings. The van der Waals surface area contributed by atoms with Gasteiger partial charge in [0.05, 0.1) is 6.61 Å². The van der Waals surface area contributed by atoms with Crippen LogP contribution in [0.5, 0.6) is 5.75 Å². The molecule has 1 aliphatic carbocycles. The third-order valence-electron chi connectivity index (χ3n) is 4.71. The topological polar surface area (TPSA) is 49.4 Å². The van der Waals surface area contributed by atoms with E-state index in [-0.39, 0.29) is 41.9 Å². The zero-order chi connectivity index (χ0) is 17.4. The van der Waals surface area contributed by atoms with Crippen molar-refractivity contribution in [1.29, 1.82) is 0 Å². The maximum Gasteiger partial charge on any atom is 1.00 e. The monoisotopic (exact) mass is 372 g/mol. The molecule has 0 aliphatic heterocycles. The molecular weight excluding hydrogens is 347 g/mol. The second kappa shape index (κ2) is 12.0. The molecule has 0 radical (unpaired) electrons. The molecule has 0 aromatic heterocycles. The van der Waals surface area contributed by atoms with Crippen molar-refractivity contribution in [1.82, 2.24) is 0 Å². The molecule has 1 saturated carbocycles. The van der Waals surface area contributed by atoms with Gasteiger partial charge in [-0.05, 0) is 55.4 Å². The Balaban J connectivity index is 0.00000312. The van der Waals surface area contributed by atoms with Gasteiger partial charge in [-0.15, -0.1) is 0 Å². The number of carbonyl (C=O) groups excluding carboxylic acids is 1. The van der Waals surface area contributed by atoms with Crippen LogP contribution in [0.3, 0.4) is 0 Å². The number of carboxylic acid groups (broad SMARTS) is 1. The summed E-state index contributed by atoms with van der Waals surface area (Å²) in [6.07, 6.45) is 8.29. The Bertz CT molecular complexity index is 544. The Hall–Kier alpha value is -0.480. The van der Waals surface area contributed by atoms with E-state index in [1.54, 1.807) is 0 Å². The molecule has 1 aromatic carbocycles. The van der Waals surface area contributed by atoms with Gasteiger partial charge in [-0.25, -0.2) is 0 Å². The summed E-state index contributed by atoms with van der Waals surface area (Å²) in [5, 5.41) is 11.3. The molecule has 2 rings (SSSR count). The number of halogens is 1. The van der Waals surface area contributed by atoms with E-state index in [1.807, 2.05) is 24.3 Å². The van der Waals surface area contributed by atoms with Crippen LogP contribution in [0.2, 0.25) is 5.02 Å². The number of rotatable bonds is 12. The van der Waals surface area contributed by atoms with E-state index >= 15 is 0 Å². The number of hydrogen-bond donors (Lipinski definition) is 0. The minimum Gasteiger partial charge on any atom is -0.550 e. The van der Waals surface area contributed by atoms with Crippen LogP contribution in [0.4, 0.5) is 0 Å². The zero-order valence-corrected chi connectivity index (χ0v) is 17.9. The quantitative estimate of drug-likeness (QED) is 0.316. The van der Waals surface area contributed by atoms with Gasteiger partial charge in [0.25, 0.3) is 0 Å². The van der Waals surface area contributed by atoms with Gasteiger partial charge < -0.3 is 14.6 Å². The molecule has 0 heterocycles. The second-order valence-corrected chi connectivity index (χ2v) is 7.01. The summed E-state index contributed by atoms with van der Waals surface area (Å²) in [6.45, 7) is 4.69. The van der Waals surface area contributed by atoms with Gasteiger partial charge in [0, 0.05) is 11.0 Å². The SMILES string of the molecule is C=C1C(CCCCCCCCOc2ccc(Cl)cc2)C1CC(=O)[O-].[Na+]. The molecule has 5 heteroatoms. The number of unbranched alkanes of at least 4 members (excludes halogenated alkanes) is 5. The number of ether oxygens (including phenoxy) is 1. The molecule has 3 nitrogen and oxygen atoms in total. The average molecular weight is 373 g/mol. The van der Waals surface area contributed by atoms with E-state index in [9.17, 15) is 9.90 Å². The second-order valence-electron chi connectivity index (χ2n) is 6.58. The van der Waals surface area contributed by atoms with Crippen LogP contribution >= 0.6 is 11.6 Å². The maximum absolute atomic E-state index is 10.6. The summed E-state index contributed by atoms with van der Waals surface area (Å²) in [6, 6.07) is 7.45. The van der Waals surface area contributed by atoms with Crippen molar-refractivity contribution in [2.75, 3.05) is 6.61 Å². The van der Waals surface area contributed by atoms with E-state index < -0.39 is 5.97 Å². The smallest absolute Gasteiger partial charge is 0.550 e. The first-order valence-electron chi connectivity index (χ1n) is 8.85. The Kier molecular flexibility index (Phi) is 10.8. The molecule has 0 spiro atoms. The van der Waals surface area contributed by atoms with Crippen molar-refractivity contribution in [3.05, 3.63) is 41.4 Å². The molecule has 0 saturated heterocycles. The average Bonchev–Trinajstić information content (AvgIpc) is 3.15. The van der Waals surface area contributed by atoms with E-state index in [4.69, 9.17) is 16.3 Å². The standard InChI is InChI=1S/C20H27ClO3.Na/c1-15-18(19(15)14-20(22)23)8-6-4-2-3-5-7-13-24-17-11-9-16(21)10-12-17;/h9-12,18-19H,1-8,13-14H2,(H,22,23);/q;+1/p-1. The fourth-order valence-corrected chi connectivity index (χ4v) is 3.30. The first kappa shape index (κ1) is 22.6. The first-order valence-corrected chi connectivity index (χ1v) is 9.22. The predicted octanol–water partition coefficient (Wildman–Crippen LogP) is 1.40. The van der Waals surface area contributed by atoms with Crippen LogP contribution in [0.25, 0.3) is 0 Å². The molecule has 0 N–H and O–H groups in total. The first-order chi connectivity index (χ1) is 11.6. The summed E-state index contributed by atoms with van der Waals surface area (Å²) in [5.74, 6) is 0.523. The zero-order valence-electron chi connectivity index (χ0n) is 15.1. The van der Waals surface area contributed by atoms with Crippen molar-refractivity contribution in [2.24, 2.45) is 11.8 Å². The maximum atomic E-state index is 10.6. The summed E-state index contributed by atoms with van der Waals surface area (Å²) in [4.78, 5) is 10.6. The van der Waals surface area contributed by atoms with E-state index in [0.717, 1.165) is 42.2 Å². The predicted molar refractivity (Wildman–Crippen MR) is 95.0 cm³/mol. The minimum absolute atomic E-state index is 0. The van der Waals surface area contributed by atoms with Crippen molar-refractivity contribution in [2.45, 2.75) is 51.4 Å². The molecule has 132 valence electrons. The van der Waals surface area contributed by atoms with Crippen LogP contribution < -0.4 is 39.4 Å². The number of carbonyl (C=O) groups is 1. The molecular formula is C20H26ClNaO3. The van der Waals surface area contributed by atoms with Crippen LogP contribution in [0, 0.1) is 11.8 Å². The van der Waals surface area contributed by atoms with Crippen molar-refractivity contribution in [3.63, 3.8) is 0 Å². The fraction of sp³-hybridized carbons (Fsp3) is 0.550. The number of hydrogen-bond acceptors (Lipinski definition) is 3. The summed E-state index contributed by atoms with van der Waals surface area (Å²) in [7, 11) is 0. The normalized spacial score (nSPS) is 18.5. The number of aliphatic carboxylic acids is 1. The molecule has 0 bridgehead atoms. The van der Waals surface area contributed by atoms with Crippen molar-refractivity contribution >= 4 is 17.6 Å². The summed E-state index contributed by atoms with van der Waals surface area (Å²) in [5.41, 5.74) is 1.11. The third kappa shape index (κ3) is 8.63. The molecule has 25 heavy (non-hydrogen) atoms. The Morgan fingerprint density at radius 3 is 2.28 bits per heavy atom. The molecule has 1 aromatic rings. The van der Waals surface area contributed by atoms with Crippen LogP contribution in [-0.4, -0.2) is 12.6 Å². The number of benzene rings is 1.